The van der Waals surface area contributed by atoms with Crippen LogP contribution in [0.3, 0.4) is 0 Å². The second-order valence-corrected chi connectivity index (χ2v) is 7.79. The number of benzene rings is 1. The Morgan fingerprint density at radius 2 is 1.92 bits per heavy atom. The van der Waals surface area contributed by atoms with Gasteiger partial charge in [-0.05, 0) is 49.5 Å². The van der Waals surface area contributed by atoms with Gasteiger partial charge in [-0.3, -0.25) is 4.94 Å². The van der Waals surface area contributed by atoms with E-state index in [1.807, 2.05) is 26.0 Å². The first-order valence-corrected chi connectivity index (χ1v) is 8.14. The second-order valence-electron chi connectivity index (χ2n) is 7.79. The number of hydrogen-bond acceptors (Lipinski definition) is 4. The molecule has 1 aromatic rings. The highest BCUT2D eigenvalue weighted by molar-refractivity contribution is 5.92. The lowest BCUT2D eigenvalue weighted by Gasteiger charge is -2.36. The maximum absolute atomic E-state index is 12.1. The first-order chi connectivity index (χ1) is 11.5. The summed E-state index contributed by atoms with van der Waals surface area (Å²) in [6.45, 7) is 12.1. The molecule has 0 amide bonds. The van der Waals surface area contributed by atoms with Crippen LogP contribution in [-0.2, 0) is 9.74 Å². The van der Waals surface area contributed by atoms with E-state index in [1.165, 1.54) is 0 Å². The van der Waals surface area contributed by atoms with Crippen molar-refractivity contribution in [2.24, 2.45) is 5.41 Å². The zero-order chi connectivity index (χ0) is 19.0. The molecule has 1 aliphatic heterocycles. The highest BCUT2D eigenvalue weighted by atomic mass is 19.3. The molecule has 5 heteroatoms. The van der Waals surface area contributed by atoms with Crippen molar-refractivity contribution in [2.45, 2.75) is 47.1 Å². The number of halogens is 1. The van der Waals surface area contributed by atoms with Gasteiger partial charge < -0.3 is 9.47 Å². The smallest absolute Gasteiger partial charge is 0.372 e. The van der Waals surface area contributed by atoms with E-state index in [0.717, 1.165) is 23.0 Å². The van der Waals surface area contributed by atoms with Crippen molar-refractivity contribution >= 4 is 17.1 Å². The number of allylic oxidation sites excluding steroid dienone is 2. The third kappa shape index (κ3) is 4.03. The fourth-order valence-corrected chi connectivity index (χ4v) is 2.97. The van der Waals surface area contributed by atoms with Crippen molar-refractivity contribution in [3.8, 4) is 11.5 Å². The van der Waals surface area contributed by atoms with Gasteiger partial charge in [0, 0.05) is 27.8 Å². The minimum Gasteiger partial charge on any atom is -0.496 e. The highest BCUT2D eigenvalue weighted by Crippen LogP contribution is 2.47. The van der Waals surface area contributed by atoms with Crippen molar-refractivity contribution in [1.29, 1.82) is 0 Å². The summed E-state index contributed by atoms with van der Waals surface area (Å²) in [5.74, 6) is 0.213. The van der Waals surface area contributed by atoms with Crippen molar-refractivity contribution in [2.75, 3.05) is 7.11 Å². The molecule has 0 saturated heterocycles. The molecule has 25 heavy (non-hydrogen) atoms. The Morgan fingerprint density at radius 1 is 1.28 bits per heavy atom. The molecule has 0 atom stereocenters. The number of carbonyl (C=O) groups is 1. The van der Waals surface area contributed by atoms with Gasteiger partial charge in [-0.1, -0.05) is 20.8 Å². The van der Waals surface area contributed by atoms with Crippen LogP contribution in [0.2, 0.25) is 0 Å². The van der Waals surface area contributed by atoms with Gasteiger partial charge in [-0.15, -0.1) is 0 Å². The minimum absolute atomic E-state index is 0.100. The van der Waals surface area contributed by atoms with E-state index >= 15 is 0 Å². The summed E-state index contributed by atoms with van der Waals surface area (Å²) >= 11 is 0. The van der Waals surface area contributed by atoms with Crippen molar-refractivity contribution in [1.82, 2.24) is 0 Å². The fraction of sp³-hybridized carbons (Fsp3) is 0.450. The summed E-state index contributed by atoms with van der Waals surface area (Å²) in [6, 6.07) is 3.72. The van der Waals surface area contributed by atoms with Crippen LogP contribution >= 0.6 is 0 Å². The quantitative estimate of drug-likeness (QED) is 0.711. The molecular weight excluding hydrogens is 323 g/mol. The lowest BCUT2D eigenvalue weighted by molar-refractivity contribution is -0.176. The Balaban J connectivity index is 2.69. The van der Waals surface area contributed by atoms with Crippen LogP contribution in [0.1, 0.15) is 52.7 Å². The number of ether oxygens (including phenoxy) is 2. The molecule has 0 fully saturated rings. The van der Waals surface area contributed by atoms with E-state index in [0.29, 0.717) is 16.9 Å². The lowest BCUT2D eigenvalue weighted by atomic mass is 9.77. The molecule has 1 aromatic carbocycles. The molecule has 1 heterocycles. The van der Waals surface area contributed by atoms with Gasteiger partial charge in [-0.25, -0.2) is 4.79 Å². The molecule has 0 aromatic heterocycles. The van der Waals surface area contributed by atoms with E-state index in [2.05, 4.69) is 31.8 Å². The zero-order valence-corrected chi connectivity index (χ0v) is 15.8. The molecule has 136 valence electrons. The van der Waals surface area contributed by atoms with E-state index in [-0.39, 0.29) is 5.41 Å². The molecule has 0 saturated carbocycles. The van der Waals surface area contributed by atoms with Gasteiger partial charge in [0.15, 0.2) is 0 Å². The molecule has 0 unspecified atom stereocenters. The Labute approximate surface area is 148 Å². The summed E-state index contributed by atoms with van der Waals surface area (Å²) in [5.41, 5.74) is 2.76. The monoisotopic (exact) mass is 348 g/mol. The Hall–Kier alpha value is -2.30. The van der Waals surface area contributed by atoms with Crippen molar-refractivity contribution < 1.29 is 23.7 Å². The average Bonchev–Trinajstić information content (AvgIpc) is 2.50. The molecule has 0 bridgehead atoms. The van der Waals surface area contributed by atoms with Gasteiger partial charge in [-0.2, -0.15) is 0 Å². The van der Waals surface area contributed by atoms with Crippen LogP contribution in [0.4, 0.5) is 4.53 Å². The fourth-order valence-electron chi connectivity index (χ4n) is 2.97. The van der Waals surface area contributed by atoms with Gasteiger partial charge in [0.25, 0.3) is 0 Å². The zero-order valence-electron chi connectivity index (χ0n) is 15.8. The largest absolute Gasteiger partial charge is 0.496 e. The van der Waals surface area contributed by atoms with Gasteiger partial charge >= 0.3 is 5.97 Å². The summed E-state index contributed by atoms with van der Waals surface area (Å²) < 4.78 is 23.6. The van der Waals surface area contributed by atoms with E-state index < -0.39 is 11.6 Å². The SMILES string of the molecule is COc1cc2c(cc1C(C)=CC(=O)OF)C(C(C)(C)C)=CC(C)(C)O2. The number of methoxy groups -OCH3 is 1. The molecular formula is C20H25FO4. The second kappa shape index (κ2) is 6.54. The van der Waals surface area contributed by atoms with Crippen LogP contribution in [0.25, 0.3) is 11.1 Å². The number of hydrogen-bond donors (Lipinski definition) is 0. The first-order valence-electron chi connectivity index (χ1n) is 8.14. The van der Waals surface area contributed by atoms with E-state index in [9.17, 15) is 9.32 Å². The van der Waals surface area contributed by atoms with Crippen molar-refractivity contribution in [3.05, 3.63) is 35.4 Å². The molecule has 0 aliphatic carbocycles. The van der Waals surface area contributed by atoms with E-state index in [1.54, 1.807) is 14.0 Å². The maximum Gasteiger partial charge on any atom is 0.372 e. The third-order valence-corrected chi connectivity index (χ3v) is 4.10. The predicted molar refractivity (Wildman–Crippen MR) is 96.0 cm³/mol. The summed E-state index contributed by atoms with van der Waals surface area (Å²) in [5, 5.41) is 0. The van der Waals surface area contributed by atoms with Gasteiger partial charge in [0.05, 0.1) is 7.11 Å². The Morgan fingerprint density at radius 3 is 2.44 bits per heavy atom. The van der Waals surface area contributed by atoms with Gasteiger partial charge in [0.1, 0.15) is 17.1 Å². The topological polar surface area (TPSA) is 44.8 Å². The number of rotatable bonds is 3. The van der Waals surface area contributed by atoms with Crippen molar-refractivity contribution in [3.63, 3.8) is 0 Å². The number of fused-ring (bicyclic) bond motifs is 1. The standard InChI is InChI=1S/C20H25FO4/c1-12(8-18(22)25-21)13-9-14-15(19(2,3)4)11-20(5,6)24-17(14)10-16(13)23-7/h8-11H,1-7H3. The maximum atomic E-state index is 12.1. The van der Waals surface area contributed by atoms with Crippen LogP contribution in [0, 0.1) is 5.41 Å². The normalized spacial score (nSPS) is 16.5. The van der Waals surface area contributed by atoms with Crippen LogP contribution in [-0.4, -0.2) is 18.7 Å². The van der Waals surface area contributed by atoms with Gasteiger partial charge in [0.2, 0.25) is 0 Å². The summed E-state index contributed by atoms with van der Waals surface area (Å²) in [4.78, 5) is 14.5. The molecule has 1 aliphatic rings. The van der Waals surface area contributed by atoms with E-state index in [4.69, 9.17) is 9.47 Å². The first kappa shape index (κ1) is 19.0. The average molecular weight is 348 g/mol. The summed E-state index contributed by atoms with van der Waals surface area (Å²) in [7, 11) is 1.54. The van der Waals surface area contributed by atoms with Crippen LogP contribution in [0.5, 0.6) is 11.5 Å². The predicted octanol–water partition coefficient (Wildman–Crippen LogP) is 5.13. The third-order valence-electron chi connectivity index (χ3n) is 4.10. The Kier molecular flexibility index (Phi) is 4.98. The molecule has 0 radical (unpaired) electrons. The molecule has 0 N–H and O–H groups in total. The highest BCUT2D eigenvalue weighted by Gasteiger charge is 2.33. The molecule has 0 spiro atoms. The van der Waals surface area contributed by atoms with Crippen LogP contribution < -0.4 is 9.47 Å². The summed E-state index contributed by atoms with van der Waals surface area (Å²) in [6.07, 6.45) is 3.21. The molecule has 4 nitrogen and oxygen atoms in total. The lowest BCUT2D eigenvalue weighted by Crippen LogP contribution is -2.31. The molecule has 2 rings (SSSR count). The van der Waals surface area contributed by atoms with Crippen LogP contribution in [0.15, 0.2) is 24.3 Å². The number of carbonyl (C=O) groups excluding carboxylic acids is 1. The Bertz CT molecular complexity index is 752. The minimum atomic E-state index is -1.05.